The van der Waals surface area contributed by atoms with Crippen LogP contribution in [0, 0.1) is 0 Å². The highest BCUT2D eigenvalue weighted by atomic mass is 16.5. The average molecular weight is 234 g/mol. The van der Waals surface area contributed by atoms with Crippen molar-refractivity contribution in [3.8, 4) is 0 Å². The summed E-state index contributed by atoms with van der Waals surface area (Å²) in [4.78, 5) is 4.01. The summed E-state index contributed by atoms with van der Waals surface area (Å²) >= 11 is 0. The molecule has 1 saturated carbocycles. The lowest BCUT2D eigenvalue weighted by Crippen LogP contribution is -2.30. The van der Waals surface area contributed by atoms with Crippen LogP contribution in [0.4, 0.5) is 0 Å². The second-order valence-corrected chi connectivity index (χ2v) is 4.87. The summed E-state index contributed by atoms with van der Waals surface area (Å²) in [7, 11) is 0. The number of hydrogen-bond donors (Lipinski definition) is 1. The van der Waals surface area contributed by atoms with E-state index in [4.69, 9.17) is 10.5 Å². The largest absolute Gasteiger partial charge is 0.378 e. The maximum atomic E-state index is 5.88. The van der Waals surface area contributed by atoms with Gasteiger partial charge in [0, 0.05) is 25.0 Å². The number of rotatable bonds is 5. The zero-order chi connectivity index (χ0) is 11.9. The minimum atomic E-state index is 0.409. The molecule has 0 saturated heterocycles. The normalized spacial score (nSPS) is 24.8. The highest BCUT2D eigenvalue weighted by molar-refractivity contribution is 5.09. The summed E-state index contributed by atoms with van der Waals surface area (Å²) in [5.41, 5.74) is 7.21. The van der Waals surface area contributed by atoms with Crippen molar-refractivity contribution in [3.63, 3.8) is 0 Å². The molecule has 94 valence electrons. The van der Waals surface area contributed by atoms with Crippen LogP contribution in [0.25, 0.3) is 0 Å². The Kier molecular flexibility index (Phi) is 4.95. The molecule has 0 amide bonds. The summed E-state index contributed by atoms with van der Waals surface area (Å²) in [6, 6.07) is 4.55. The molecule has 1 fully saturated rings. The quantitative estimate of drug-likeness (QED) is 0.795. The molecule has 1 heterocycles. The van der Waals surface area contributed by atoms with Gasteiger partial charge in [-0.05, 0) is 56.2 Å². The van der Waals surface area contributed by atoms with E-state index in [1.165, 1.54) is 5.56 Å². The van der Waals surface area contributed by atoms with Crippen molar-refractivity contribution in [1.29, 1.82) is 0 Å². The van der Waals surface area contributed by atoms with Gasteiger partial charge in [0.2, 0.25) is 0 Å². The molecule has 2 rings (SSSR count). The van der Waals surface area contributed by atoms with Gasteiger partial charge in [-0.15, -0.1) is 0 Å². The zero-order valence-electron chi connectivity index (χ0n) is 10.3. The first-order chi connectivity index (χ1) is 8.34. The van der Waals surface area contributed by atoms with E-state index in [1.54, 1.807) is 0 Å². The van der Waals surface area contributed by atoms with Gasteiger partial charge in [-0.2, -0.15) is 0 Å². The van der Waals surface area contributed by atoms with Crippen LogP contribution in [-0.4, -0.2) is 23.7 Å². The average Bonchev–Trinajstić information content (AvgIpc) is 2.38. The number of hydrogen-bond acceptors (Lipinski definition) is 3. The van der Waals surface area contributed by atoms with Crippen LogP contribution >= 0.6 is 0 Å². The Morgan fingerprint density at radius 3 is 2.59 bits per heavy atom. The number of nitrogens with two attached hydrogens (primary N) is 1. The van der Waals surface area contributed by atoms with Gasteiger partial charge < -0.3 is 10.5 Å². The monoisotopic (exact) mass is 234 g/mol. The Morgan fingerprint density at radius 1 is 1.18 bits per heavy atom. The van der Waals surface area contributed by atoms with E-state index in [0.29, 0.717) is 12.1 Å². The summed E-state index contributed by atoms with van der Waals surface area (Å²) in [5, 5.41) is 0. The SMILES string of the molecule is NC1CCC(OCCCc2ccncc2)CC1. The highest BCUT2D eigenvalue weighted by Gasteiger charge is 2.18. The lowest BCUT2D eigenvalue weighted by molar-refractivity contribution is 0.0240. The first-order valence-electron chi connectivity index (χ1n) is 6.60. The molecule has 0 radical (unpaired) electrons. The molecule has 0 unspecified atom stereocenters. The van der Waals surface area contributed by atoms with Crippen molar-refractivity contribution in [1.82, 2.24) is 4.98 Å². The minimum absolute atomic E-state index is 0.409. The van der Waals surface area contributed by atoms with E-state index in [9.17, 15) is 0 Å². The van der Waals surface area contributed by atoms with Gasteiger partial charge in [0.05, 0.1) is 6.10 Å². The lowest BCUT2D eigenvalue weighted by Gasteiger charge is -2.26. The molecule has 0 aromatic carbocycles. The highest BCUT2D eigenvalue weighted by Crippen LogP contribution is 2.20. The maximum absolute atomic E-state index is 5.88. The van der Waals surface area contributed by atoms with Crippen LogP contribution < -0.4 is 5.73 Å². The fraction of sp³-hybridized carbons (Fsp3) is 0.643. The molecule has 3 heteroatoms. The number of pyridine rings is 1. The molecule has 1 aromatic rings. The van der Waals surface area contributed by atoms with E-state index in [0.717, 1.165) is 45.1 Å². The van der Waals surface area contributed by atoms with E-state index in [-0.39, 0.29) is 0 Å². The molecule has 0 atom stereocenters. The van der Waals surface area contributed by atoms with Crippen molar-refractivity contribution in [2.24, 2.45) is 5.73 Å². The van der Waals surface area contributed by atoms with Gasteiger partial charge in [0.1, 0.15) is 0 Å². The van der Waals surface area contributed by atoms with E-state index >= 15 is 0 Å². The van der Waals surface area contributed by atoms with E-state index in [2.05, 4.69) is 17.1 Å². The van der Waals surface area contributed by atoms with Gasteiger partial charge in [0.25, 0.3) is 0 Å². The summed E-state index contributed by atoms with van der Waals surface area (Å²) in [6.07, 6.45) is 10.8. The molecular formula is C14H22N2O. The maximum Gasteiger partial charge on any atom is 0.0576 e. The molecule has 0 aliphatic heterocycles. The first-order valence-corrected chi connectivity index (χ1v) is 6.60. The molecular weight excluding hydrogens is 212 g/mol. The van der Waals surface area contributed by atoms with Crippen LogP contribution in [0.15, 0.2) is 24.5 Å². The van der Waals surface area contributed by atoms with Crippen molar-refractivity contribution in [2.75, 3.05) is 6.61 Å². The number of aryl methyl sites for hydroxylation is 1. The van der Waals surface area contributed by atoms with Crippen molar-refractivity contribution in [3.05, 3.63) is 30.1 Å². The Balaban J connectivity index is 1.57. The van der Waals surface area contributed by atoms with Crippen molar-refractivity contribution < 1.29 is 4.74 Å². The van der Waals surface area contributed by atoms with Gasteiger partial charge in [-0.1, -0.05) is 0 Å². The molecule has 0 spiro atoms. The molecule has 2 N–H and O–H groups in total. The predicted molar refractivity (Wildman–Crippen MR) is 68.7 cm³/mol. The fourth-order valence-corrected chi connectivity index (χ4v) is 2.33. The molecule has 3 nitrogen and oxygen atoms in total. The Bertz CT molecular complexity index is 307. The van der Waals surface area contributed by atoms with Gasteiger partial charge in [-0.3, -0.25) is 4.98 Å². The van der Waals surface area contributed by atoms with Gasteiger partial charge in [-0.25, -0.2) is 0 Å². The van der Waals surface area contributed by atoms with E-state index < -0.39 is 0 Å². The third-order valence-electron chi connectivity index (χ3n) is 3.43. The van der Waals surface area contributed by atoms with Gasteiger partial charge >= 0.3 is 0 Å². The summed E-state index contributed by atoms with van der Waals surface area (Å²) < 4.78 is 5.88. The van der Waals surface area contributed by atoms with E-state index in [1.807, 2.05) is 12.4 Å². The number of aromatic nitrogens is 1. The lowest BCUT2D eigenvalue weighted by atomic mass is 9.94. The van der Waals surface area contributed by atoms with Crippen molar-refractivity contribution in [2.45, 2.75) is 50.7 Å². The smallest absolute Gasteiger partial charge is 0.0576 e. The topological polar surface area (TPSA) is 48.1 Å². The standard InChI is InChI=1S/C14H22N2O/c15-13-3-5-14(6-4-13)17-11-1-2-12-7-9-16-10-8-12/h7-10,13-14H,1-6,11,15H2. The second kappa shape index (κ2) is 6.72. The second-order valence-electron chi connectivity index (χ2n) is 4.87. The van der Waals surface area contributed by atoms with Crippen LogP contribution in [0.5, 0.6) is 0 Å². The Labute approximate surface area is 103 Å². The molecule has 1 aliphatic carbocycles. The van der Waals surface area contributed by atoms with Gasteiger partial charge in [0.15, 0.2) is 0 Å². The minimum Gasteiger partial charge on any atom is -0.378 e. The number of ether oxygens (including phenoxy) is 1. The third kappa shape index (κ3) is 4.44. The van der Waals surface area contributed by atoms with Crippen LogP contribution in [0.3, 0.4) is 0 Å². The number of nitrogens with zero attached hydrogens (tertiary/aromatic N) is 1. The molecule has 17 heavy (non-hydrogen) atoms. The predicted octanol–water partition coefficient (Wildman–Crippen LogP) is 2.30. The third-order valence-corrected chi connectivity index (χ3v) is 3.43. The van der Waals surface area contributed by atoms with Crippen molar-refractivity contribution >= 4 is 0 Å². The van der Waals surface area contributed by atoms with Crippen LogP contribution in [0.2, 0.25) is 0 Å². The summed E-state index contributed by atoms with van der Waals surface area (Å²) in [6.45, 7) is 0.863. The summed E-state index contributed by atoms with van der Waals surface area (Å²) in [5.74, 6) is 0. The van der Waals surface area contributed by atoms with Crippen LogP contribution in [-0.2, 0) is 11.2 Å². The molecule has 0 bridgehead atoms. The molecule has 1 aromatic heterocycles. The molecule has 1 aliphatic rings. The zero-order valence-corrected chi connectivity index (χ0v) is 10.3. The first kappa shape index (κ1) is 12.5. The Morgan fingerprint density at radius 2 is 1.88 bits per heavy atom. The fourth-order valence-electron chi connectivity index (χ4n) is 2.33. The Hall–Kier alpha value is -0.930. The van der Waals surface area contributed by atoms with Crippen LogP contribution in [0.1, 0.15) is 37.7 Å².